The van der Waals surface area contributed by atoms with E-state index in [0.717, 1.165) is 31.4 Å². The number of alkyl halides is 3. The fourth-order valence-corrected chi connectivity index (χ4v) is 3.00. The van der Waals surface area contributed by atoms with Gasteiger partial charge in [0, 0.05) is 12.1 Å². The van der Waals surface area contributed by atoms with Crippen LogP contribution in [0.3, 0.4) is 0 Å². The lowest BCUT2D eigenvalue weighted by Gasteiger charge is -2.12. The van der Waals surface area contributed by atoms with Gasteiger partial charge in [0.25, 0.3) is 11.6 Å². The molecule has 0 aliphatic heterocycles. The number of oxime groups is 1. The molecule has 0 aliphatic carbocycles. The van der Waals surface area contributed by atoms with Crippen LogP contribution in [0.1, 0.15) is 11.1 Å². The molecule has 188 valence electrons. The second-order valence-corrected chi connectivity index (χ2v) is 7.25. The first-order chi connectivity index (χ1) is 17.1. The summed E-state index contributed by atoms with van der Waals surface area (Å²) in [6, 6.07) is 14.1. The Hall–Kier alpha value is -4.32. The Kier molecular flexibility index (Phi) is 8.33. The summed E-state index contributed by atoms with van der Waals surface area (Å²) in [5, 5.41) is 14.8. The molecule has 0 unspecified atom stereocenters. The maximum atomic E-state index is 12.9. The minimum atomic E-state index is -4.60. The maximum absolute atomic E-state index is 12.9. The first-order valence-corrected chi connectivity index (χ1v) is 10.3. The van der Waals surface area contributed by atoms with E-state index in [0.29, 0.717) is 6.07 Å². The lowest BCUT2D eigenvalue weighted by molar-refractivity contribution is -0.385. The second kappa shape index (κ2) is 11.4. The molecular weight excluding hydrogens is 509 g/mol. The smallest absolute Gasteiger partial charge is 0.416 e. The lowest BCUT2D eigenvalue weighted by Crippen LogP contribution is -2.15. The molecular formula is C23H16ClF3N2O7. The zero-order chi connectivity index (χ0) is 26.3. The number of methoxy groups -OCH3 is 1. The van der Waals surface area contributed by atoms with Crippen molar-refractivity contribution in [2.24, 2.45) is 5.16 Å². The lowest BCUT2D eigenvalue weighted by atomic mass is 10.1. The zero-order valence-corrected chi connectivity index (χ0v) is 19.1. The van der Waals surface area contributed by atoms with Gasteiger partial charge in [-0.25, -0.2) is 4.79 Å². The summed E-state index contributed by atoms with van der Waals surface area (Å²) in [7, 11) is 1.16. The van der Waals surface area contributed by atoms with Crippen LogP contribution in [0, 0.1) is 10.1 Å². The first-order valence-electron chi connectivity index (χ1n) is 9.91. The van der Waals surface area contributed by atoms with Gasteiger partial charge >= 0.3 is 12.1 Å². The number of nitro benzene ring substituents is 1. The van der Waals surface area contributed by atoms with Gasteiger partial charge in [-0.2, -0.15) is 13.2 Å². The fraction of sp³-hybridized carbons (Fsp3) is 0.130. The van der Waals surface area contributed by atoms with Crippen molar-refractivity contribution < 1.29 is 41.9 Å². The molecule has 0 atom stereocenters. The van der Waals surface area contributed by atoms with Crippen molar-refractivity contribution in [1.82, 2.24) is 0 Å². The predicted molar refractivity (Wildman–Crippen MR) is 121 cm³/mol. The number of para-hydroxylation sites is 1. The number of carbonyl (C=O) groups excluding carboxylic acids is 1. The van der Waals surface area contributed by atoms with E-state index in [4.69, 9.17) is 30.6 Å². The molecule has 0 aromatic heterocycles. The normalized spacial score (nSPS) is 11.5. The molecule has 0 amide bonds. The summed E-state index contributed by atoms with van der Waals surface area (Å²) in [4.78, 5) is 27.6. The third-order valence-electron chi connectivity index (χ3n) is 4.38. The monoisotopic (exact) mass is 524 g/mol. The van der Waals surface area contributed by atoms with Gasteiger partial charge in [-0.3, -0.25) is 10.1 Å². The SMILES string of the molecule is COC(=NOCC(=O)Oc1ccccc1)c1cc(Oc2ccc(C(F)(F)F)cc2Cl)ccc1[N+](=O)[O-]. The number of hydrogen-bond acceptors (Lipinski definition) is 8. The van der Waals surface area contributed by atoms with Crippen molar-refractivity contribution in [2.75, 3.05) is 13.7 Å². The van der Waals surface area contributed by atoms with E-state index >= 15 is 0 Å². The summed E-state index contributed by atoms with van der Waals surface area (Å²) >= 11 is 5.91. The molecule has 0 radical (unpaired) electrons. The van der Waals surface area contributed by atoms with Gasteiger partial charge in [0.15, 0.2) is 0 Å². The molecule has 0 bridgehead atoms. The summed E-state index contributed by atoms with van der Waals surface area (Å²) in [5.41, 5.74) is -1.61. The van der Waals surface area contributed by atoms with Crippen LogP contribution in [0.5, 0.6) is 17.2 Å². The number of ether oxygens (including phenoxy) is 3. The summed E-state index contributed by atoms with van der Waals surface area (Å²) in [6.45, 7) is -0.632. The third kappa shape index (κ3) is 6.85. The number of hydrogen-bond donors (Lipinski definition) is 0. The topological polar surface area (TPSA) is 109 Å². The van der Waals surface area contributed by atoms with Gasteiger partial charge in [-0.1, -0.05) is 29.8 Å². The standard InChI is InChI=1S/C23H16ClF3N2O7/c1-33-22(28-34-13-21(30)36-15-5-3-2-4-6-15)17-12-16(8-9-19(17)29(31)32)35-20-10-7-14(11-18(20)24)23(25,26)27/h2-12H,13H2,1H3. The number of nitro groups is 1. The Labute approximate surface area is 206 Å². The van der Waals surface area contributed by atoms with E-state index in [2.05, 4.69) is 5.16 Å². The van der Waals surface area contributed by atoms with E-state index in [1.807, 2.05) is 0 Å². The van der Waals surface area contributed by atoms with Crippen molar-refractivity contribution in [3.05, 3.63) is 93.0 Å². The highest BCUT2D eigenvalue weighted by molar-refractivity contribution is 6.32. The molecule has 0 heterocycles. The van der Waals surface area contributed by atoms with Crippen LogP contribution in [-0.2, 0) is 20.5 Å². The molecule has 36 heavy (non-hydrogen) atoms. The van der Waals surface area contributed by atoms with Crippen molar-refractivity contribution in [2.45, 2.75) is 6.18 Å². The number of carbonyl (C=O) groups is 1. The zero-order valence-electron chi connectivity index (χ0n) is 18.3. The number of benzene rings is 3. The molecule has 0 saturated heterocycles. The molecule has 0 aliphatic rings. The predicted octanol–water partition coefficient (Wildman–Crippen LogP) is 5.99. The van der Waals surface area contributed by atoms with Crippen LogP contribution in [0.4, 0.5) is 18.9 Å². The average Bonchev–Trinajstić information content (AvgIpc) is 2.83. The van der Waals surface area contributed by atoms with Crippen LogP contribution in [0.25, 0.3) is 0 Å². The van der Waals surface area contributed by atoms with E-state index in [9.17, 15) is 28.1 Å². The minimum absolute atomic E-state index is 0.0227. The van der Waals surface area contributed by atoms with Gasteiger partial charge < -0.3 is 19.0 Å². The fourth-order valence-electron chi connectivity index (χ4n) is 2.79. The number of nitrogens with zero attached hydrogens (tertiary/aromatic N) is 2. The van der Waals surface area contributed by atoms with Crippen LogP contribution >= 0.6 is 11.6 Å². The first kappa shape index (κ1) is 26.3. The number of halogens is 4. The third-order valence-corrected chi connectivity index (χ3v) is 4.68. The molecule has 3 rings (SSSR count). The van der Waals surface area contributed by atoms with E-state index in [-0.39, 0.29) is 33.7 Å². The maximum Gasteiger partial charge on any atom is 0.416 e. The summed E-state index contributed by atoms with van der Waals surface area (Å²) < 4.78 is 54.2. The van der Waals surface area contributed by atoms with Crippen molar-refractivity contribution >= 4 is 29.2 Å². The second-order valence-electron chi connectivity index (χ2n) is 6.84. The Bertz CT molecular complexity index is 1280. The highest BCUT2D eigenvalue weighted by Gasteiger charge is 2.31. The van der Waals surface area contributed by atoms with Crippen LogP contribution < -0.4 is 9.47 Å². The molecule has 13 heteroatoms. The van der Waals surface area contributed by atoms with E-state index in [1.54, 1.807) is 30.3 Å². The molecule has 0 N–H and O–H groups in total. The minimum Gasteiger partial charge on any atom is -0.478 e. The van der Waals surface area contributed by atoms with Gasteiger partial charge in [-0.05, 0) is 41.6 Å². The largest absolute Gasteiger partial charge is 0.478 e. The Morgan fingerprint density at radius 1 is 1.06 bits per heavy atom. The number of esters is 1. The number of rotatable bonds is 8. The molecule has 0 spiro atoms. The highest BCUT2D eigenvalue weighted by atomic mass is 35.5. The van der Waals surface area contributed by atoms with E-state index in [1.165, 1.54) is 6.07 Å². The van der Waals surface area contributed by atoms with Crippen LogP contribution in [-0.4, -0.2) is 30.5 Å². The summed E-state index contributed by atoms with van der Waals surface area (Å²) in [5.74, 6) is -1.03. The Morgan fingerprint density at radius 2 is 1.78 bits per heavy atom. The Morgan fingerprint density at radius 3 is 2.39 bits per heavy atom. The van der Waals surface area contributed by atoms with Crippen molar-refractivity contribution in [3.63, 3.8) is 0 Å². The van der Waals surface area contributed by atoms with Gasteiger partial charge in [0.05, 0.1) is 22.6 Å². The Balaban J connectivity index is 1.80. The molecule has 3 aromatic carbocycles. The average molecular weight is 525 g/mol. The molecule has 0 fully saturated rings. The molecule has 0 saturated carbocycles. The molecule has 9 nitrogen and oxygen atoms in total. The van der Waals surface area contributed by atoms with Crippen LogP contribution in [0.2, 0.25) is 5.02 Å². The van der Waals surface area contributed by atoms with E-state index < -0.39 is 34.9 Å². The quantitative estimate of drug-likeness (QED) is 0.0888. The summed E-state index contributed by atoms with van der Waals surface area (Å²) in [6.07, 6.45) is -4.60. The molecule has 3 aromatic rings. The van der Waals surface area contributed by atoms with Crippen molar-refractivity contribution in [3.8, 4) is 17.2 Å². The van der Waals surface area contributed by atoms with Gasteiger partial charge in [0.2, 0.25) is 6.61 Å². The van der Waals surface area contributed by atoms with Gasteiger partial charge in [0.1, 0.15) is 22.8 Å². The van der Waals surface area contributed by atoms with Gasteiger partial charge in [-0.15, -0.1) is 0 Å². The highest BCUT2D eigenvalue weighted by Crippen LogP contribution is 2.37. The van der Waals surface area contributed by atoms with Crippen molar-refractivity contribution in [1.29, 1.82) is 0 Å². The van der Waals surface area contributed by atoms with Crippen LogP contribution in [0.15, 0.2) is 71.9 Å².